The second-order valence-electron chi connectivity index (χ2n) is 5.32. The third kappa shape index (κ3) is 3.06. The van der Waals surface area contributed by atoms with Gasteiger partial charge in [0.05, 0.1) is 28.9 Å². The van der Waals surface area contributed by atoms with Gasteiger partial charge in [0.25, 0.3) is 10.0 Å². The Bertz CT molecular complexity index is 1180. The number of anilines is 1. The van der Waals surface area contributed by atoms with Crippen molar-refractivity contribution in [2.75, 3.05) is 11.8 Å². The molecular weight excluding hydrogens is 384 g/mol. The largest absolute Gasteiger partial charge is 0.465 e. The third-order valence-corrected chi connectivity index (χ3v) is 5.54. The van der Waals surface area contributed by atoms with E-state index in [9.17, 15) is 18.0 Å². The third-order valence-electron chi connectivity index (χ3n) is 3.71. The fraction of sp³-hybridized carbons (Fsp3) is 0.125. The molecule has 0 amide bonds. The number of aryl methyl sites for hydroxylation is 1. The minimum Gasteiger partial charge on any atom is -0.465 e. The molecule has 3 aromatic rings. The number of carbonyl (C=O) groups excluding carboxylic acids is 1. The Morgan fingerprint density at radius 1 is 1.27 bits per heavy atom. The normalized spacial score (nSPS) is 11.5. The van der Waals surface area contributed by atoms with Crippen LogP contribution in [0.1, 0.15) is 10.4 Å². The van der Waals surface area contributed by atoms with E-state index in [-0.39, 0.29) is 26.8 Å². The Hall–Kier alpha value is -2.78. The van der Waals surface area contributed by atoms with Gasteiger partial charge in [0.2, 0.25) is 0 Å². The number of aromatic nitrogens is 1. The second kappa shape index (κ2) is 6.50. The summed E-state index contributed by atoms with van der Waals surface area (Å²) in [5.41, 5.74) is 0.504. The van der Waals surface area contributed by atoms with Crippen molar-refractivity contribution < 1.29 is 22.4 Å². The Morgan fingerprint density at radius 2 is 1.96 bits per heavy atom. The van der Waals surface area contributed by atoms with Gasteiger partial charge in [-0.2, -0.15) is 0 Å². The van der Waals surface area contributed by atoms with Crippen LogP contribution in [-0.4, -0.2) is 26.1 Å². The number of sulfonamides is 1. The van der Waals surface area contributed by atoms with Gasteiger partial charge in [0.1, 0.15) is 4.90 Å². The highest BCUT2D eigenvalue weighted by Crippen LogP contribution is 2.29. The molecule has 0 unspecified atom stereocenters. The van der Waals surface area contributed by atoms with Crippen molar-refractivity contribution in [3.05, 3.63) is 57.5 Å². The molecule has 0 atom stereocenters. The van der Waals surface area contributed by atoms with Gasteiger partial charge in [0, 0.05) is 13.1 Å². The number of esters is 1. The molecule has 0 bridgehead atoms. The summed E-state index contributed by atoms with van der Waals surface area (Å²) in [5, 5.41) is -0.100. The zero-order valence-corrected chi connectivity index (χ0v) is 15.2. The SMILES string of the molecule is COC(=O)c1ccccc1NS(=O)(=O)c1cc2oc(=O)n(C)c2cc1Cl. The van der Waals surface area contributed by atoms with E-state index in [0.29, 0.717) is 5.52 Å². The van der Waals surface area contributed by atoms with Crippen molar-refractivity contribution in [1.29, 1.82) is 0 Å². The quantitative estimate of drug-likeness (QED) is 0.678. The number of hydrogen-bond acceptors (Lipinski definition) is 6. The van der Waals surface area contributed by atoms with Crippen molar-refractivity contribution in [3.63, 3.8) is 0 Å². The van der Waals surface area contributed by atoms with Crippen molar-refractivity contribution in [2.45, 2.75) is 4.90 Å². The zero-order chi connectivity index (χ0) is 19.1. The summed E-state index contributed by atoms with van der Waals surface area (Å²) in [5.74, 6) is -1.34. The lowest BCUT2D eigenvalue weighted by Gasteiger charge is -2.12. The summed E-state index contributed by atoms with van der Waals surface area (Å²) >= 11 is 6.10. The molecule has 1 aromatic heterocycles. The molecule has 0 fully saturated rings. The van der Waals surface area contributed by atoms with Crippen LogP contribution in [0, 0.1) is 0 Å². The van der Waals surface area contributed by atoms with Gasteiger partial charge in [-0.25, -0.2) is 18.0 Å². The van der Waals surface area contributed by atoms with E-state index in [1.165, 1.54) is 36.9 Å². The second-order valence-corrected chi connectivity index (χ2v) is 7.38. The number of nitrogens with one attached hydrogen (secondary N) is 1. The van der Waals surface area contributed by atoms with Crippen molar-refractivity contribution >= 4 is 44.4 Å². The summed E-state index contributed by atoms with van der Waals surface area (Å²) in [7, 11) is -1.50. The topological polar surface area (TPSA) is 108 Å². The lowest BCUT2D eigenvalue weighted by atomic mass is 10.2. The maximum atomic E-state index is 12.7. The van der Waals surface area contributed by atoms with Gasteiger partial charge in [-0.15, -0.1) is 0 Å². The summed E-state index contributed by atoms with van der Waals surface area (Å²) in [6, 6.07) is 8.45. The number of rotatable bonds is 4. The van der Waals surface area contributed by atoms with Gasteiger partial charge in [-0.3, -0.25) is 9.29 Å². The molecule has 3 rings (SSSR count). The molecule has 1 N–H and O–H groups in total. The van der Waals surface area contributed by atoms with E-state index in [0.717, 1.165) is 6.07 Å². The maximum Gasteiger partial charge on any atom is 0.419 e. The van der Waals surface area contributed by atoms with Crippen LogP contribution in [0.15, 0.2) is 50.5 Å². The van der Waals surface area contributed by atoms with E-state index in [1.54, 1.807) is 12.1 Å². The predicted octanol–water partition coefficient (Wildman–Crippen LogP) is 2.37. The highest BCUT2D eigenvalue weighted by atomic mass is 35.5. The smallest absolute Gasteiger partial charge is 0.419 e. The molecule has 0 radical (unpaired) electrons. The van der Waals surface area contributed by atoms with Gasteiger partial charge in [0.15, 0.2) is 5.58 Å². The van der Waals surface area contributed by atoms with Gasteiger partial charge in [-0.05, 0) is 18.2 Å². The molecule has 8 nitrogen and oxygen atoms in total. The number of oxazole rings is 1. The fourth-order valence-corrected chi connectivity index (χ4v) is 4.01. The minimum absolute atomic E-state index is 0.0324. The highest BCUT2D eigenvalue weighted by molar-refractivity contribution is 7.92. The van der Waals surface area contributed by atoms with Crippen LogP contribution in [0.25, 0.3) is 11.1 Å². The Kier molecular flexibility index (Phi) is 4.51. The average molecular weight is 397 g/mol. The molecule has 0 aliphatic rings. The Morgan fingerprint density at radius 3 is 2.65 bits per heavy atom. The van der Waals surface area contributed by atoms with E-state index >= 15 is 0 Å². The molecule has 0 spiro atoms. The van der Waals surface area contributed by atoms with E-state index in [4.69, 9.17) is 16.0 Å². The van der Waals surface area contributed by atoms with E-state index < -0.39 is 21.7 Å². The number of halogens is 1. The number of para-hydroxylation sites is 1. The number of ether oxygens (including phenoxy) is 1. The standard InChI is InChI=1S/C16H13ClN2O6S/c1-19-12-7-10(17)14(8-13(12)25-16(19)21)26(22,23)18-11-6-4-3-5-9(11)15(20)24-2/h3-8,18H,1-2H3. The minimum atomic E-state index is -4.16. The van der Waals surface area contributed by atoms with Gasteiger partial charge >= 0.3 is 11.7 Å². The van der Waals surface area contributed by atoms with Crippen LogP contribution in [0.3, 0.4) is 0 Å². The van der Waals surface area contributed by atoms with Crippen LogP contribution >= 0.6 is 11.6 Å². The molecular formula is C16H13ClN2O6S. The number of fused-ring (bicyclic) bond motifs is 1. The molecule has 26 heavy (non-hydrogen) atoms. The molecule has 0 aliphatic heterocycles. The maximum absolute atomic E-state index is 12.7. The molecule has 1 heterocycles. The average Bonchev–Trinajstić information content (AvgIpc) is 2.88. The summed E-state index contributed by atoms with van der Waals surface area (Å²) in [6.45, 7) is 0. The number of carbonyl (C=O) groups is 1. The Labute approximate surface area is 153 Å². The summed E-state index contributed by atoms with van der Waals surface area (Å²) < 4.78 is 38.6. The number of methoxy groups -OCH3 is 1. The first-order valence-electron chi connectivity index (χ1n) is 7.24. The first-order chi connectivity index (χ1) is 12.2. The predicted molar refractivity (Wildman–Crippen MR) is 95.1 cm³/mol. The van der Waals surface area contributed by atoms with Gasteiger partial charge in [-0.1, -0.05) is 23.7 Å². The number of benzene rings is 2. The van der Waals surface area contributed by atoms with Crippen LogP contribution in [-0.2, 0) is 21.8 Å². The fourth-order valence-electron chi connectivity index (χ4n) is 2.39. The zero-order valence-electron chi connectivity index (χ0n) is 13.6. The van der Waals surface area contributed by atoms with Crippen molar-refractivity contribution in [2.24, 2.45) is 7.05 Å². The summed E-state index contributed by atoms with van der Waals surface area (Å²) in [4.78, 5) is 23.1. The van der Waals surface area contributed by atoms with Crippen molar-refractivity contribution in [3.8, 4) is 0 Å². The van der Waals surface area contributed by atoms with Crippen LogP contribution < -0.4 is 10.5 Å². The number of hydrogen-bond donors (Lipinski definition) is 1. The highest BCUT2D eigenvalue weighted by Gasteiger charge is 2.23. The Balaban J connectivity index is 2.10. The van der Waals surface area contributed by atoms with Crippen LogP contribution in [0.2, 0.25) is 5.02 Å². The molecule has 0 saturated heterocycles. The lowest BCUT2D eigenvalue weighted by molar-refractivity contribution is 0.0602. The van der Waals surface area contributed by atoms with Gasteiger partial charge < -0.3 is 9.15 Å². The van der Waals surface area contributed by atoms with E-state index in [1.807, 2.05) is 0 Å². The first-order valence-corrected chi connectivity index (χ1v) is 9.10. The lowest BCUT2D eigenvalue weighted by Crippen LogP contribution is -2.16. The van der Waals surface area contributed by atoms with Crippen LogP contribution in [0.4, 0.5) is 5.69 Å². The number of nitrogens with zero attached hydrogens (tertiary/aromatic N) is 1. The molecule has 0 saturated carbocycles. The monoisotopic (exact) mass is 396 g/mol. The molecule has 0 aliphatic carbocycles. The van der Waals surface area contributed by atoms with Crippen LogP contribution in [0.5, 0.6) is 0 Å². The van der Waals surface area contributed by atoms with Crippen molar-refractivity contribution in [1.82, 2.24) is 4.57 Å². The summed E-state index contributed by atoms with van der Waals surface area (Å²) in [6.07, 6.45) is 0. The first kappa shape index (κ1) is 18.0. The molecule has 2 aromatic carbocycles. The molecule has 10 heteroatoms. The molecule has 136 valence electrons. The van der Waals surface area contributed by atoms with E-state index in [2.05, 4.69) is 9.46 Å².